The molecule has 0 atom stereocenters. The maximum absolute atomic E-state index is 2.51. The van der Waals surface area contributed by atoms with Crippen LogP contribution < -0.4 is 4.90 Å². The van der Waals surface area contributed by atoms with E-state index in [0.717, 1.165) is 28.3 Å². The first-order valence-corrected chi connectivity index (χ1v) is 22.3. The fourth-order valence-corrected chi connectivity index (χ4v) is 10.8. The van der Waals surface area contributed by atoms with Gasteiger partial charge in [0.25, 0.3) is 0 Å². The molecule has 10 aromatic carbocycles. The standard InChI is InChI=1S/C60H40N2S/c1-3-19-41(20-4-1)45-23-7-8-27-50(45)59-47(42-21-5-2-6-22-42)29-17-33-55(59)61(56-34-18-36-58-60(56)51-28-12-16-35-57(51)63-58)44-39-37-43(38-40-44)46-24-9-13-30-52(46)62-53-31-14-10-25-48(53)49-26-11-15-32-54(49)62/h1-40H. The van der Waals surface area contributed by atoms with Crippen LogP contribution in [0.2, 0.25) is 0 Å². The van der Waals surface area contributed by atoms with Gasteiger partial charge >= 0.3 is 0 Å². The van der Waals surface area contributed by atoms with Gasteiger partial charge in [-0.25, -0.2) is 0 Å². The van der Waals surface area contributed by atoms with Crippen molar-refractivity contribution in [3.63, 3.8) is 0 Å². The lowest BCUT2D eigenvalue weighted by atomic mass is 9.87. The second-order valence-electron chi connectivity index (χ2n) is 16.0. The van der Waals surface area contributed by atoms with Crippen LogP contribution in [0.4, 0.5) is 17.1 Å². The molecular formula is C60H40N2S. The maximum atomic E-state index is 2.51. The molecule has 63 heavy (non-hydrogen) atoms. The van der Waals surface area contributed by atoms with E-state index in [-0.39, 0.29) is 0 Å². The Morgan fingerprint density at radius 1 is 0.317 bits per heavy atom. The molecule has 0 radical (unpaired) electrons. The van der Waals surface area contributed by atoms with E-state index in [1.807, 2.05) is 11.3 Å². The second kappa shape index (κ2) is 15.5. The monoisotopic (exact) mass is 820 g/mol. The molecule has 2 nitrogen and oxygen atoms in total. The molecule has 0 aliphatic carbocycles. The largest absolute Gasteiger partial charge is 0.309 e. The maximum Gasteiger partial charge on any atom is 0.0555 e. The predicted molar refractivity (Wildman–Crippen MR) is 270 cm³/mol. The van der Waals surface area contributed by atoms with Crippen LogP contribution in [0.15, 0.2) is 243 Å². The molecule has 0 saturated heterocycles. The molecule has 0 N–H and O–H groups in total. The van der Waals surface area contributed by atoms with E-state index in [2.05, 4.69) is 252 Å². The fourth-order valence-electron chi connectivity index (χ4n) is 9.67. The fraction of sp³-hybridized carbons (Fsp3) is 0. The van der Waals surface area contributed by atoms with Gasteiger partial charge in [-0.2, -0.15) is 0 Å². The minimum absolute atomic E-state index is 1.08. The zero-order chi connectivity index (χ0) is 41.7. The van der Waals surface area contributed by atoms with Crippen LogP contribution in [-0.4, -0.2) is 4.57 Å². The number of nitrogens with zero attached hydrogens (tertiary/aromatic N) is 2. The van der Waals surface area contributed by atoms with E-state index in [0.29, 0.717) is 0 Å². The Balaban J connectivity index is 1.11. The first kappa shape index (κ1) is 36.8. The van der Waals surface area contributed by atoms with Gasteiger partial charge in [0.05, 0.1) is 28.1 Å². The van der Waals surface area contributed by atoms with Gasteiger partial charge in [-0.05, 0) is 88.0 Å². The van der Waals surface area contributed by atoms with Crippen molar-refractivity contribution in [2.75, 3.05) is 4.90 Å². The second-order valence-corrected chi connectivity index (χ2v) is 17.1. The molecule has 2 aromatic heterocycles. The van der Waals surface area contributed by atoms with Gasteiger partial charge in [0, 0.05) is 47.8 Å². The first-order chi connectivity index (χ1) is 31.3. The van der Waals surface area contributed by atoms with Crippen molar-refractivity contribution in [2.45, 2.75) is 0 Å². The molecular weight excluding hydrogens is 781 g/mol. The molecule has 0 fully saturated rings. The molecule has 0 amide bonds. The van der Waals surface area contributed by atoms with Crippen LogP contribution >= 0.6 is 11.3 Å². The number of benzene rings is 10. The summed E-state index contributed by atoms with van der Waals surface area (Å²) < 4.78 is 4.97. The lowest BCUT2D eigenvalue weighted by Gasteiger charge is -2.30. The highest BCUT2D eigenvalue weighted by Crippen LogP contribution is 2.51. The molecule has 3 heteroatoms. The molecule has 0 saturated carbocycles. The Morgan fingerprint density at radius 3 is 1.52 bits per heavy atom. The quantitative estimate of drug-likeness (QED) is 0.148. The van der Waals surface area contributed by atoms with Gasteiger partial charge < -0.3 is 9.47 Å². The van der Waals surface area contributed by atoms with Crippen LogP contribution in [0.3, 0.4) is 0 Å². The molecule has 0 aliphatic heterocycles. The van der Waals surface area contributed by atoms with E-state index in [9.17, 15) is 0 Å². The number of aromatic nitrogens is 1. The SMILES string of the molecule is c1ccc(-c2ccccc2-c2c(-c3ccccc3)cccc2N(c2ccc(-c3ccccc3-n3c4ccccc4c4ccccc43)cc2)c2cccc3sc4ccccc4c23)cc1. The summed E-state index contributed by atoms with van der Waals surface area (Å²) in [6, 6.07) is 88.5. The van der Waals surface area contributed by atoms with Crippen molar-refractivity contribution in [1.82, 2.24) is 4.57 Å². The summed E-state index contributed by atoms with van der Waals surface area (Å²) in [5.41, 5.74) is 16.3. The highest BCUT2D eigenvalue weighted by Gasteiger charge is 2.25. The summed E-state index contributed by atoms with van der Waals surface area (Å²) in [7, 11) is 0. The lowest BCUT2D eigenvalue weighted by molar-refractivity contribution is 1.18. The molecule has 0 spiro atoms. The third-order valence-corrected chi connectivity index (χ3v) is 13.6. The van der Waals surface area contributed by atoms with Gasteiger partial charge in [-0.3, -0.25) is 0 Å². The Labute approximate surface area is 370 Å². The number of thiophene rings is 1. The topological polar surface area (TPSA) is 8.17 Å². The van der Waals surface area contributed by atoms with E-state index in [4.69, 9.17) is 0 Å². The summed E-state index contributed by atoms with van der Waals surface area (Å²) in [6.45, 7) is 0. The third-order valence-electron chi connectivity index (χ3n) is 12.4. The Kier molecular flexibility index (Phi) is 9.06. The highest BCUT2D eigenvalue weighted by molar-refractivity contribution is 7.26. The summed E-state index contributed by atoms with van der Waals surface area (Å²) in [5.74, 6) is 0. The number of hydrogen-bond acceptors (Lipinski definition) is 2. The average molecular weight is 821 g/mol. The average Bonchev–Trinajstić information content (AvgIpc) is 3.91. The summed E-state index contributed by atoms with van der Waals surface area (Å²) in [5, 5.41) is 5.03. The Bertz CT molecular complexity index is 3570. The zero-order valence-electron chi connectivity index (χ0n) is 34.4. The van der Waals surface area contributed by atoms with E-state index < -0.39 is 0 Å². The normalized spacial score (nSPS) is 11.5. The van der Waals surface area contributed by atoms with E-state index in [1.54, 1.807) is 0 Å². The summed E-state index contributed by atoms with van der Waals surface area (Å²) in [6.07, 6.45) is 0. The zero-order valence-corrected chi connectivity index (χ0v) is 35.2. The van der Waals surface area contributed by atoms with E-state index in [1.165, 1.54) is 80.9 Å². The third kappa shape index (κ3) is 6.24. The van der Waals surface area contributed by atoms with Gasteiger partial charge in [0.2, 0.25) is 0 Å². The van der Waals surface area contributed by atoms with Crippen LogP contribution in [0.1, 0.15) is 0 Å². The molecule has 0 unspecified atom stereocenters. The molecule has 0 aliphatic rings. The number of anilines is 3. The predicted octanol–water partition coefficient (Wildman–Crippen LogP) is 17.3. The van der Waals surface area contributed by atoms with Crippen molar-refractivity contribution in [3.8, 4) is 50.2 Å². The first-order valence-electron chi connectivity index (χ1n) is 21.5. The van der Waals surface area contributed by atoms with Crippen LogP contribution in [-0.2, 0) is 0 Å². The number of para-hydroxylation sites is 3. The molecule has 0 bridgehead atoms. The van der Waals surface area contributed by atoms with E-state index >= 15 is 0 Å². The van der Waals surface area contributed by atoms with Gasteiger partial charge in [0.1, 0.15) is 0 Å². The minimum atomic E-state index is 1.08. The Morgan fingerprint density at radius 2 is 0.810 bits per heavy atom. The molecule has 296 valence electrons. The molecule has 2 heterocycles. The smallest absolute Gasteiger partial charge is 0.0555 e. The van der Waals surface area contributed by atoms with Crippen LogP contribution in [0, 0.1) is 0 Å². The minimum Gasteiger partial charge on any atom is -0.309 e. The summed E-state index contributed by atoms with van der Waals surface area (Å²) in [4.78, 5) is 2.51. The number of fused-ring (bicyclic) bond motifs is 6. The highest BCUT2D eigenvalue weighted by atomic mass is 32.1. The van der Waals surface area contributed by atoms with Gasteiger partial charge in [-0.15, -0.1) is 11.3 Å². The van der Waals surface area contributed by atoms with Gasteiger partial charge in [-0.1, -0.05) is 188 Å². The van der Waals surface area contributed by atoms with Crippen LogP contribution in [0.25, 0.3) is 92.2 Å². The van der Waals surface area contributed by atoms with Crippen molar-refractivity contribution >= 4 is 70.4 Å². The molecule has 12 aromatic rings. The lowest BCUT2D eigenvalue weighted by Crippen LogP contribution is -2.12. The van der Waals surface area contributed by atoms with Crippen molar-refractivity contribution in [3.05, 3.63) is 243 Å². The molecule has 12 rings (SSSR count). The van der Waals surface area contributed by atoms with Gasteiger partial charge in [0.15, 0.2) is 0 Å². The van der Waals surface area contributed by atoms with Crippen LogP contribution in [0.5, 0.6) is 0 Å². The summed E-state index contributed by atoms with van der Waals surface area (Å²) >= 11 is 1.86. The van der Waals surface area contributed by atoms with Crippen molar-refractivity contribution in [2.24, 2.45) is 0 Å². The number of hydrogen-bond donors (Lipinski definition) is 0. The van der Waals surface area contributed by atoms with Crippen molar-refractivity contribution < 1.29 is 0 Å². The Hall–Kier alpha value is -7.98. The van der Waals surface area contributed by atoms with Crippen molar-refractivity contribution in [1.29, 1.82) is 0 Å². The number of rotatable bonds is 8.